The van der Waals surface area contributed by atoms with Crippen molar-refractivity contribution in [3.63, 3.8) is 0 Å². The van der Waals surface area contributed by atoms with Gasteiger partial charge in [-0.1, -0.05) is 12.1 Å². The summed E-state index contributed by atoms with van der Waals surface area (Å²) in [5.74, 6) is 0.507. The molecule has 4 heteroatoms. The smallest absolute Gasteiger partial charge is 0.123 e. The molecule has 1 aromatic rings. The van der Waals surface area contributed by atoms with Crippen LogP contribution in [0.1, 0.15) is 31.4 Å². The lowest BCUT2D eigenvalue weighted by molar-refractivity contribution is 0.0275. The van der Waals surface area contributed by atoms with Gasteiger partial charge in [0, 0.05) is 31.7 Å². The second-order valence-electron chi connectivity index (χ2n) is 6.94. The first kappa shape index (κ1) is 15.9. The lowest BCUT2D eigenvalue weighted by Crippen LogP contribution is -2.53. The van der Waals surface area contributed by atoms with E-state index in [-0.39, 0.29) is 5.82 Å². The van der Waals surface area contributed by atoms with Gasteiger partial charge in [0.1, 0.15) is 5.82 Å². The molecule has 3 rings (SSSR count). The Morgan fingerprint density at radius 2 is 2.00 bits per heavy atom. The first-order valence-electron chi connectivity index (χ1n) is 8.55. The van der Waals surface area contributed by atoms with Gasteiger partial charge in [-0.15, -0.1) is 0 Å². The van der Waals surface area contributed by atoms with E-state index in [9.17, 15) is 4.39 Å². The van der Waals surface area contributed by atoms with Gasteiger partial charge in [0.15, 0.2) is 0 Å². The lowest BCUT2D eigenvalue weighted by Gasteiger charge is -2.46. The molecule has 0 radical (unpaired) electrons. The molecule has 2 aliphatic heterocycles. The van der Waals surface area contributed by atoms with Crippen molar-refractivity contribution >= 4 is 0 Å². The van der Waals surface area contributed by atoms with Crippen molar-refractivity contribution in [1.29, 1.82) is 0 Å². The summed E-state index contributed by atoms with van der Waals surface area (Å²) in [5.41, 5.74) is 1.16. The molecule has 2 fully saturated rings. The highest BCUT2D eigenvalue weighted by atomic mass is 19.1. The molecule has 0 amide bonds. The van der Waals surface area contributed by atoms with Crippen LogP contribution in [0.3, 0.4) is 0 Å². The van der Waals surface area contributed by atoms with Crippen LogP contribution in [0.25, 0.3) is 0 Å². The predicted octanol–water partition coefficient (Wildman–Crippen LogP) is 2.50. The Hall–Kier alpha value is -0.970. The third-order valence-corrected chi connectivity index (χ3v) is 5.26. The highest BCUT2D eigenvalue weighted by Gasteiger charge is 2.34. The minimum Gasteiger partial charge on any atom is -0.317 e. The zero-order valence-corrected chi connectivity index (χ0v) is 13.8. The first-order chi connectivity index (χ1) is 10.6. The van der Waals surface area contributed by atoms with Crippen LogP contribution in [0.4, 0.5) is 4.39 Å². The average Bonchev–Trinajstić information content (AvgIpc) is 2.51. The van der Waals surface area contributed by atoms with Crippen molar-refractivity contribution < 1.29 is 4.39 Å². The maximum absolute atomic E-state index is 13.8. The fourth-order valence-electron chi connectivity index (χ4n) is 4.15. The summed E-state index contributed by atoms with van der Waals surface area (Å²) in [6.07, 6.45) is 2.36. The Kier molecular flexibility index (Phi) is 5.11. The van der Waals surface area contributed by atoms with Gasteiger partial charge in [0.2, 0.25) is 0 Å². The third-order valence-electron chi connectivity index (χ3n) is 5.26. The monoisotopic (exact) mass is 305 g/mol. The van der Waals surface area contributed by atoms with Gasteiger partial charge < -0.3 is 10.2 Å². The van der Waals surface area contributed by atoms with E-state index in [0.717, 1.165) is 38.3 Å². The molecule has 0 saturated carbocycles. The number of hydrogen-bond acceptors (Lipinski definition) is 3. The Balaban J connectivity index is 1.88. The van der Waals surface area contributed by atoms with Crippen molar-refractivity contribution in [1.82, 2.24) is 15.1 Å². The van der Waals surface area contributed by atoms with E-state index in [4.69, 9.17) is 0 Å². The highest BCUT2D eigenvalue weighted by molar-refractivity contribution is 5.22. The van der Waals surface area contributed by atoms with E-state index < -0.39 is 0 Å². The zero-order chi connectivity index (χ0) is 15.5. The standard InChI is InChI=1S/C18H28FN3/c1-14-13-21(2)10-11-22(14)18(15-6-8-20-9-7-15)16-4-3-5-17(19)12-16/h3-5,12,14-15,18,20H,6-11,13H2,1-2H3/t14-,18+/m0/s1. The molecule has 1 N–H and O–H groups in total. The summed E-state index contributed by atoms with van der Waals surface area (Å²) in [7, 11) is 2.19. The third kappa shape index (κ3) is 3.50. The molecule has 2 heterocycles. The van der Waals surface area contributed by atoms with Gasteiger partial charge in [-0.25, -0.2) is 4.39 Å². The summed E-state index contributed by atoms with van der Waals surface area (Å²) in [6.45, 7) is 7.74. The molecule has 2 aliphatic rings. The summed E-state index contributed by atoms with van der Waals surface area (Å²) in [5, 5.41) is 3.45. The van der Waals surface area contributed by atoms with Crippen LogP contribution in [0.2, 0.25) is 0 Å². The Morgan fingerprint density at radius 3 is 2.68 bits per heavy atom. The fraction of sp³-hybridized carbons (Fsp3) is 0.667. The zero-order valence-electron chi connectivity index (χ0n) is 13.8. The van der Waals surface area contributed by atoms with Crippen LogP contribution in [0.15, 0.2) is 24.3 Å². The molecule has 2 atom stereocenters. The number of nitrogens with zero attached hydrogens (tertiary/aromatic N) is 2. The van der Waals surface area contributed by atoms with E-state index in [1.165, 1.54) is 12.8 Å². The van der Waals surface area contributed by atoms with Gasteiger partial charge in [-0.3, -0.25) is 4.90 Å². The van der Waals surface area contributed by atoms with Gasteiger partial charge in [0.05, 0.1) is 0 Å². The van der Waals surface area contributed by atoms with Crippen molar-refractivity contribution in [3.05, 3.63) is 35.6 Å². The van der Waals surface area contributed by atoms with Gasteiger partial charge >= 0.3 is 0 Å². The number of halogens is 1. The van der Waals surface area contributed by atoms with E-state index in [1.54, 1.807) is 12.1 Å². The molecular formula is C18H28FN3. The number of likely N-dealkylation sites (N-methyl/N-ethyl adjacent to an activating group) is 1. The molecule has 0 bridgehead atoms. The van der Waals surface area contributed by atoms with Crippen LogP contribution < -0.4 is 5.32 Å². The minimum atomic E-state index is -0.113. The van der Waals surface area contributed by atoms with E-state index in [2.05, 4.69) is 35.2 Å². The van der Waals surface area contributed by atoms with E-state index >= 15 is 0 Å². The Labute approximate surface area is 133 Å². The predicted molar refractivity (Wildman–Crippen MR) is 88.4 cm³/mol. The Bertz CT molecular complexity index is 487. The number of piperidine rings is 1. The molecule has 0 aliphatic carbocycles. The van der Waals surface area contributed by atoms with E-state index in [0.29, 0.717) is 18.0 Å². The van der Waals surface area contributed by atoms with Crippen LogP contribution in [0, 0.1) is 11.7 Å². The summed E-state index contributed by atoms with van der Waals surface area (Å²) >= 11 is 0. The number of hydrogen-bond donors (Lipinski definition) is 1. The summed E-state index contributed by atoms with van der Waals surface area (Å²) < 4.78 is 13.8. The van der Waals surface area contributed by atoms with Gasteiger partial charge in [-0.2, -0.15) is 0 Å². The maximum atomic E-state index is 13.8. The Morgan fingerprint density at radius 1 is 1.23 bits per heavy atom. The number of rotatable bonds is 3. The quantitative estimate of drug-likeness (QED) is 0.926. The normalized spacial score (nSPS) is 27.0. The molecule has 0 aromatic heterocycles. The van der Waals surface area contributed by atoms with Crippen LogP contribution >= 0.6 is 0 Å². The lowest BCUT2D eigenvalue weighted by atomic mass is 9.83. The SMILES string of the molecule is C[C@H]1CN(C)CCN1[C@@H](c1cccc(F)c1)C1CCNCC1. The van der Waals surface area contributed by atoms with Gasteiger partial charge in [0.25, 0.3) is 0 Å². The van der Waals surface area contributed by atoms with Crippen LogP contribution in [-0.2, 0) is 0 Å². The summed E-state index contributed by atoms with van der Waals surface area (Å²) in [6, 6.07) is 8.14. The maximum Gasteiger partial charge on any atom is 0.123 e. The second-order valence-corrected chi connectivity index (χ2v) is 6.94. The molecular weight excluding hydrogens is 277 g/mol. The molecule has 122 valence electrons. The first-order valence-corrected chi connectivity index (χ1v) is 8.55. The molecule has 1 aromatic carbocycles. The average molecular weight is 305 g/mol. The topological polar surface area (TPSA) is 18.5 Å². The molecule has 0 unspecified atom stereocenters. The van der Waals surface area contributed by atoms with Crippen molar-refractivity contribution in [3.8, 4) is 0 Å². The largest absolute Gasteiger partial charge is 0.317 e. The van der Waals surface area contributed by atoms with Crippen molar-refractivity contribution in [2.24, 2.45) is 5.92 Å². The summed E-state index contributed by atoms with van der Waals surface area (Å²) in [4.78, 5) is 5.01. The van der Waals surface area contributed by atoms with Crippen molar-refractivity contribution in [2.45, 2.75) is 31.8 Å². The van der Waals surface area contributed by atoms with Crippen molar-refractivity contribution in [2.75, 3.05) is 39.8 Å². The number of benzene rings is 1. The number of piperazine rings is 1. The van der Waals surface area contributed by atoms with E-state index in [1.807, 2.05) is 6.07 Å². The molecule has 22 heavy (non-hydrogen) atoms. The number of nitrogens with one attached hydrogen (secondary N) is 1. The van der Waals surface area contributed by atoms with Crippen LogP contribution in [0.5, 0.6) is 0 Å². The highest BCUT2D eigenvalue weighted by Crippen LogP contribution is 2.36. The fourth-order valence-corrected chi connectivity index (χ4v) is 4.15. The minimum absolute atomic E-state index is 0.113. The van der Waals surface area contributed by atoms with Crippen LogP contribution in [-0.4, -0.2) is 55.6 Å². The molecule has 3 nitrogen and oxygen atoms in total. The second kappa shape index (κ2) is 7.07. The molecule has 0 spiro atoms. The molecule has 2 saturated heterocycles. The van der Waals surface area contributed by atoms with Gasteiger partial charge in [-0.05, 0) is 63.5 Å².